The molecule has 0 unspecified atom stereocenters. The predicted octanol–water partition coefficient (Wildman–Crippen LogP) is 1.81. The monoisotopic (exact) mass is 357 g/mol. The Hall–Kier alpha value is -2.38. The van der Waals surface area contributed by atoms with Gasteiger partial charge in [-0.15, -0.1) is 0 Å². The summed E-state index contributed by atoms with van der Waals surface area (Å²) >= 11 is 0. The molecule has 7 nitrogen and oxygen atoms in total. The van der Waals surface area contributed by atoms with Gasteiger partial charge in [0.1, 0.15) is 5.75 Å². The molecule has 0 amide bonds. The summed E-state index contributed by atoms with van der Waals surface area (Å²) in [4.78, 5) is 13.3. The highest BCUT2D eigenvalue weighted by Crippen LogP contribution is 2.33. The van der Waals surface area contributed by atoms with Gasteiger partial charge in [0.05, 0.1) is 37.7 Å². The van der Waals surface area contributed by atoms with Crippen molar-refractivity contribution < 1.29 is 9.47 Å². The number of hydrogen-bond acceptors (Lipinski definition) is 5. The molecule has 0 radical (unpaired) electrons. The molecule has 0 spiro atoms. The maximum atomic E-state index is 5.83. The van der Waals surface area contributed by atoms with E-state index in [0.717, 1.165) is 56.5 Å². The second-order valence-electron chi connectivity index (χ2n) is 6.34. The lowest BCUT2D eigenvalue weighted by molar-refractivity contribution is -0.0660. The third-order valence-corrected chi connectivity index (χ3v) is 4.68. The van der Waals surface area contributed by atoms with Crippen LogP contribution in [0.3, 0.4) is 0 Å². The number of rotatable bonds is 5. The van der Waals surface area contributed by atoms with Crippen molar-refractivity contribution in [3.63, 3.8) is 0 Å². The van der Waals surface area contributed by atoms with Crippen molar-refractivity contribution in [1.29, 1.82) is 0 Å². The van der Waals surface area contributed by atoms with Crippen LogP contribution in [0.15, 0.2) is 40.3 Å². The third kappa shape index (κ3) is 4.42. The van der Waals surface area contributed by atoms with Crippen molar-refractivity contribution in [3.8, 4) is 5.75 Å². The SMILES string of the molecule is C/C=C/C=N/C(N)=Nc1ccc(N2CCN(C3COC3)CC2)c(OC)c1. The molecule has 140 valence electrons. The van der Waals surface area contributed by atoms with E-state index in [1.165, 1.54) is 0 Å². The summed E-state index contributed by atoms with van der Waals surface area (Å²) in [6.45, 7) is 7.70. The molecule has 0 atom stereocenters. The fraction of sp³-hybridized carbons (Fsp3) is 0.474. The van der Waals surface area contributed by atoms with Crippen molar-refractivity contribution in [1.82, 2.24) is 4.90 Å². The standard InChI is InChI=1S/C19H27N5O2/c1-3-4-7-21-19(20)22-15-5-6-17(18(12-15)25-2)24-10-8-23(9-11-24)16-13-26-14-16/h3-7,12,16H,8-11,13-14H2,1-2H3,(H2,20,22)/b4-3+,21-7+. The lowest BCUT2D eigenvalue weighted by atomic mass is 10.1. The lowest BCUT2D eigenvalue weighted by Gasteiger charge is -2.43. The molecule has 2 fully saturated rings. The summed E-state index contributed by atoms with van der Waals surface area (Å²) in [5.41, 5.74) is 7.65. The summed E-state index contributed by atoms with van der Waals surface area (Å²) in [7, 11) is 1.68. The van der Waals surface area contributed by atoms with Gasteiger partial charge in [-0.2, -0.15) is 0 Å². The maximum absolute atomic E-state index is 5.83. The zero-order chi connectivity index (χ0) is 18.4. The highest BCUT2D eigenvalue weighted by molar-refractivity contribution is 5.91. The van der Waals surface area contributed by atoms with Gasteiger partial charge in [0.2, 0.25) is 5.96 Å². The van der Waals surface area contributed by atoms with E-state index in [1.807, 2.05) is 31.2 Å². The zero-order valence-electron chi connectivity index (χ0n) is 15.5. The van der Waals surface area contributed by atoms with Crippen molar-refractivity contribution in [2.75, 3.05) is 51.4 Å². The smallest absolute Gasteiger partial charge is 0.220 e. The minimum absolute atomic E-state index is 0.217. The normalized spacial score (nSPS) is 20.1. The van der Waals surface area contributed by atoms with E-state index >= 15 is 0 Å². The van der Waals surface area contributed by atoms with Crippen LogP contribution in [-0.2, 0) is 4.74 Å². The van der Waals surface area contributed by atoms with Crippen LogP contribution < -0.4 is 15.4 Å². The summed E-state index contributed by atoms with van der Waals surface area (Å²) in [5, 5.41) is 0. The molecular weight excluding hydrogens is 330 g/mol. The first-order valence-corrected chi connectivity index (χ1v) is 8.95. The zero-order valence-corrected chi connectivity index (χ0v) is 15.5. The van der Waals surface area contributed by atoms with E-state index in [-0.39, 0.29) is 5.96 Å². The van der Waals surface area contributed by atoms with E-state index in [4.69, 9.17) is 15.2 Å². The van der Waals surface area contributed by atoms with Gasteiger partial charge in [-0.3, -0.25) is 4.90 Å². The van der Waals surface area contributed by atoms with Crippen molar-refractivity contribution in [3.05, 3.63) is 30.4 Å². The number of guanidine groups is 1. The average Bonchev–Trinajstić information content (AvgIpc) is 2.61. The van der Waals surface area contributed by atoms with Crippen LogP contribution in [0.5, 0.6) is 5.75 Å². The molecule has 2 heterocycles. The van der Waals surface area contributed by atoms with Gasteiger partial charge in [0.25, 0.3) is 0 Å². The number of allylic oxidation sites excluding steroid dienone is 2. The van der Waals surface area contributed by atoms with Gasteiger partial charge in [0, 0.05) is 38.5 Å². The Morgan fingerprint density at radius 3 is 2.65 bits per heavy atom. The predicted molar refractivity (Wildman–Crippen MR) is 106 cm³/mol. The second kappa shape index (κ2) is 8.82. The molecular formula is C19H27N5O2. The molecule has 1 aromatic rings. The van der Waals surface area contributed by atoms with Gasteiger partial charge < -0.3 is 20.1 Å². The van der Waals surface area contributed by atoms with E-state index in [0.29, 0.717) is 6.04 Å². The van der Waals surface area contributed by atoms with Crippen LogP contribution in [0.2, 0.25) is 0 Å². The third-order valence-electron chi connectivity index (χ3n) is 4.68. The molecule has 7 heteroatoms. The number of nitrogens with two attached hydrogens (primary N) is 1. The van der Waals surface area contributed by atoms with Crippen LogP contribution in [0, 0.1) is 0 Å². The fourth-order valence-electron chi connectivity index (χ4n) is 3.13. The average molecular weight is 357 g/mol. The van der Waals surface area contributed by atoms with E-state index < -0.39 is 0 Å². The molecule has 2 aliphatic rings. The molecule has 0 aromatic heterocycles. The van der Waals surface area contributed by atoms with Crippen LogP contribution in [0.4, 0.5) is 11.4 Å². The molecule has 2 saturated heterocycles. The summed E-state index contributed by atoms with van der Waals surface area (Å²) < 4.78 is 10.9. The molecule has 26 heavy (non-hydrogen) atoms. The van der Waals surface area contributed by atoms with Gasteiger partial charge in [-0.25, -0.2) is 9.98 Å². The Kier molecular flexibility index (Phi) is 6.25. The van der Waals surface area contributed by atoms with Crippen molar-refractivity contribution >= 4 is 23.5 Å². The van der Waals surface area contributed by atoms with Crippen LogP contribution >= 0.6 is 0 Å². The first-order chi connectivity index (χ1) is 12.7. The van der Waals surface area contributed by atoms with Crippen LogP contribution in [0.1, 0.15) is 6.92 Å². The van der Waals surface area contributed by atoms with Gasteiger partial charge in [-0.05, 0) is 25.1 Å². The van der Waals surface area contributed by atoms with Crippen LogP contribution in [0.25, 0.3) is 0 Å². The molecule has 0 saturated carbocycles. The number of hydrogen-bond donors (Lipinski definition) is 1. The number of benzene rings is 1. The Labute approximate surface area is 154 Å². The Bertz CT molecular complexity index is 689. The van der Waals surface area contributed by atoms with Gasteiger partial charge in [-0.1, -0.05) is 6.08 Å². The quantitative estimate of drug-likeness (QED) is 0.642. The van der Waals surface area contributed by atoms with E-state index in [2.05, 4.69) is 19.8 Å². The Morgan fingerprint density at radius 1 is 1.27 bits per heavy atom. The molecule has 0 aliphatic carbocycles. The summed E-state index contributed by atoms with van der Waals surface area (Å²) in [5.74, 6) is 1.02. The second-order valence-corrected chi connectivity index (χ2v) is 6.34. The first kappa shape index (κ1) is 18.4. The molecule has 0 bridgehead atoms. The Morgan fingerprint density at radius 2 is 2.04 bits per heavy atom. The number of aliphatic imine (C=N–C) groups is 2. The minimum Gasteiger partial charge on any atom is -0.495 e. The largest absolute Gasteiger partial charge is 0.495 e. The number of anilines is 1. The fourth-order valence-corrected chi connectivity index (χ4v) is 3.13. The van der Waals surface area contributed by atoms with Crippen LogP contribution in [-0.4, -0.2) is 69.6 Å². The number of methoxy groups -OCH3 is 1. The van der Waals surface area contributed by atoms with Crippen molar-refractivity contribution in [2.45, 2.75) is 13.0 Å². The molecule has 3 rings (SSSR count). The lowest BCUT2D eigenvalue weighted by Crippen LogP contribution is -2.56. The summed E-state index contributed by atoms with van der Waals surface area (Å²) in [6.07, 6.45) is 5.31. The topological polar surface area (TPSA) is 75.7 Å². The highest BCUT2D eigenvalue weighted by atomic mass is 16.5. The number of nitrogens with zero attached hydrogens (tertiary/aromatic N) is 4. The maximum Gasteiger partial charge on any atom is 0.220 e. The van der Waals surface area contributed by atoms with E-state index in [9.17, 15) is 0 Å². The van der Waals surface area contributed by atoms with Gasteiger partial charge in [0.15, 0.2) is 0 Å². The van der Waals surface area contributed by atoms with Gasteiger partial charge >= 0.3 is 0 Å². The molecule has 2 N–H and O–H groups in total. The first-order valence-electron chi connectivity index (χ1n) is 8.95. The van der Waals surface area contributed by atoms with E-state index in [1.54, 1.807) is 19.4 Å². The number of ether oxygens (including phenoxy) is 2. The minimum atomic E-state index is 0.217. The summed E-state index contributed by atoms with van der Waals surface area (Å²) in [6, 6.07) is 6.49. The Balaban J connectivity index is 1.68. The molecule has 1 aromatic carbocycles. The number of piperazine rings is 1. The highest BCUT2D eigenvalue weighted by Gasteiger charge is 2.29. The molecule has 2 aliphatic heterocycles. The van der Waals surface area contributed by atoms with Crippen molar-refractivity contribution in [2.24, 2.45) is 15.7 Å².